The topological polar surface area (TPSA) is 38.3 Å². The second-order valence-corrected chi connectivity index (χ2v) is 5.15. The molecule has 19 heavy (non-hydrogen) atoms. The van der Waals surface area contributed by atoms with Crippen molar-refractivity contribution in [1.82, 2.24) is 5.32 Å². The molecular weight excluding hydrogens is 397 g/mol. The van der Waals surface area contributed by atoms with E-state index in [1.54, 1.807) is 12.1 Å². The first kappa shape index (κ1) is 16.5. The van der Waals surface area contributed by atoms with E-state index >= 15 is 0 Å². The standard InChI is InChI=1S/C11H10ClF3INO2/c12-7-1-2-9(16)8(5-7)10(18)17-3-4-19-6-11(13,14)15/h1-2,5H,3-4,6H2,(H,17,18). The smallest absolute Gasteiger partial charge is 0.370 e. The lowest BCUT2D eigenvalue weighted by molar-refractivity contribution is -0.173. The zero-order valence-electron chi connectivity index (χ0n) is 9.56. The molecule has 1 amide bonds. The summed E-state index contributed by atoms with van der Waals surface area (Å²) in [6, 6.07) is 4.82. The Balaban J connectivity index is 2.38. The lowest BCUT2D eigenvalue weighted by atomic mass is 10.2. The Morgan fingerprint density at radius 1 is 1.42 bits per heavy atom. The van der Waals surface area contributed by atoms with Crippen LogP contribution in [0.15, 0.2) is 18.2 Å². The van der Waals surface area contributed by atoms with Crippen LogP contribution >= 0.6 is 34.2 Å². The predicted octanol–water partition coefficient (Wildman–Crippen LogP) is 3.25. The van der Waals surface area contributed by atoms with Gasteiger partial charge in [0.2, 0.25) is 0 Å². The number of hydrogen-bond acceptors (Lipinski definition) is 2. The van der Waals surface area contributed by atoms with Gasteiger partial charge in [-0.2, -0.15) is 13.2 Å². The van der Waals surface area contributed by atoms with Gasteiger partial charge in [-0.3, -0.25) is 4.79 Å². The molecule has 1 rings (SSSR count). The first-order chi connectivity index (χ1) is 8.79. The third-order valence-corrected chi connectivity index (χ3v) is 3.15. The van der Waals surface area contributed by atoms with Crippen molar-refractivity contribution in [3.8, 4) is 0 Å². The fourth-order valence-electron chi connectivity index (χ4n) is 1.19. The van der Waals surface area contributed by atoms with Crippen molar-refractivity contribution >= 4 is 40.1 Å². The summed E-state index contributed by atoms with van der Waals surface area (Å²) in [6.45, 7) is -1.53. The Morgan fingerprint density at radius 3 is 2.74 bits per heavy atom. The van der Waals surface area contributed by atoms with Gasteiger partial charge < -0.3 is 10.1 Å². The maximum atomic E-state index is 11.8. The van der Waals surface area contributed by atoms with Crippen LogP contribution in [-0.2, 0) is 4.74 Å². The minimum absolute atomic E-state index is 0.00247. The predicted molar refractivity (Wildman–Crippen MR) is 73.4 cm³/mol. The second kappa shape index (κ2) is 7.30. The van der Waals surface area contributed by atoms with Crippen molar-refractivity contribution < 1.29 is 22.7 Å². The maximum absolute atomic E-state index is 11.8. The van der Waals surface area contributed by atoms with Gasteiger partial charge in [0.05, 0.1) is 12.2 Å². The molecule has 0 atom stereocenters. The number of amides is 1. The highest BCUT2D eigenvalue weighted by atomic mass is 127. The van der Waals surface area contributed by atoms with Crippen molar-refractivity contribution in [3.05, 3.63) is 32.4 Å². The second-order valence-electron chi connectivity index (χ2n) is 3.55. The molecule has 0 radical (unpaired) electrons. The van der Waals surface area contributed by atoms with Crippen LogP contribution in [0.2, 0.25) is 5.02 Å². The molecule has 1 aromatic rings. The van der Waals surface area contributed by atoms with Crippen LogP contribution in [0.5, 0.6) is 0 Å². The molecule has 8 heteroatoms. The molecule has 1 N–H and O–H groups in total. The zero-order chi connectivity index (χ0) is 14.5. The van der Waals surface area contributed by atoms with E-state index in [1.165, 1.54) is 6.07 Å². The van der Waals surface area contributed by atoms with Gasteiger partial charge in [-0.05, 0) is 40.8 Å². The molecule has 0 unspecified atom stereocenters. The Labute approximate surface area is 126 Å². The van der Waals surface area contributed by atoms with Gasteiger partial charge in [0.25, 0.3) is 5.91 Å². The number of alkyl halides is 3. The summed E-state index contributed by atoms with van der Waals surface area (Å²) < 4.78 is 40.4. The lowest BCUT2D eigenvalue weighted by Gasteiger charge is -2.09. The normalized spacial score (nSPS) is 11.4. The Bertz CT molecular complexity index is 454. The van der Waals surface area contributed by atoms with E-state index in [2.05, 4.69) is 10.1 Å². The van der Waals surface area contributed by atoms with Crippen LogP contribution in [0, 0.1) is 3.57 Å². The number of carbonyl (C=O) groups is 1. The van der Waals surface area contributed by atoms with Gasteiger partial charge in [-0.25, -0.2) is 0 Å². The number of rotatable bonds is 5. The number of nitrogens with one attached hydrogen (secondary N) is 1. The lowest BCUT2D eigenvalue weighted by Crippen LogP contribution is -2.29. The number of carbonyl (C=O) groups excluding carboxylic acids is 1. The summed E-state index contributed by atoms with van der Waals surface area (Å²) in [6.07, 6.45) is -4.35. The van der Waals surface area contributed by atoms with Crippen molar-refractivity contribution in [2.45, 2.75) is 6.18 Å². The van der Waals surface area contributed by atoms with E-state index in [-0.39, 0.29) is 13.2 Å². The molecule has 0 spiro atoms. The maximum Gasteiger partial charge on any atom is 0.411 e. The molecular formula is C11H10ClF3INO2. The quantitative estimate of drug-likeness (QED) is 0.601. The van der Waals surface area contributed by atoms with Crippen LogP contribution in [0.1, 0.15) is 10.4 Å². The van der Waals surface area contributed by atoms with Crippen molar-refractivity contribution in [1.29, 1.82) is 0 Å². The van der Waals surface area contributed by atoms with Crippen LogP contribution in [-0.4, -0.2) is 31.8 Å². The molecule has 0 bridgehead atoms. The molecule has 0 aliphatic heterocycles. The third-order valence-electron chi connectivity index (χ3n) is 1.97. The van der Waals surface area contributed by atoms with Crippen molar-refractivity contribution in [2.24, 2.45) is 0 Å². The highest BCUT2D eigenvalue weighted by Crippen LogP contribution is 2.17. The summed E-state index contributed by atoms with van der Waals surface area (Å²) in [5.74, 6) is -0.400. The first-order valence-corrected chi connectivity index (χ1v) is 6.63. The van der Waals surface area contributed by atoms with E-state index in [4.69, 9.17) is 11.6 Å². The minimum Gasteiger partial charge on any atom is -0.370 e. The van der Waals surface area contributed by atoms with Crippen LogP contribution in [0.4, 0.5) is 13.2 Å². The number of halogens is 5. The van der Waals surface area contributed by atoms with E-state index in [1.807, 2.05) is 22.6 Å². The molecule has 0 aliphatic carbocycles. The molecule has 0 aromatic heterocycles. The molecule has 0 saturated carbocycles. The number of hydrogen-bond donors (Lipinski definition) is 1. The largest absolute Gasteiger partial charge is 0.411 e. The number of ether oxygens (including phenoxy) is 1. The Morgan fingerprint density at radius 2 is 2.11 bits per heavy atom. The summed E-state index contributed by atoms with van der Waals surface area (Å²) in [4.78, 5) is 11.7. The van der Waals surface area contributed by atoms with Gasteiger partial charge in [0.15, 0.2) is 0 Å². The molecule has 0 saturated heterocycles. The van der Waals surface area contributed by atoms with E-state index in [0.717, 1.165) is 0 Å². The van der Waals surface area contributed by atoms with Crippen LogP contribution in [0.25, 0.3) is 0 Å². The summed E-state index contributed by atoms with van der Waals surface area (Å²) in [5.41, 5.74) is 0.379. The van der Waals surface area contributed by atoms with Gasteiger partial charge in [-0.1, -0.05) is 11.6 Å². The highest BCUT2D eigenvalue weighted by Gasteiger charge is 2.27. The highest BCUT2D eigenvalue weighted by molar-refractivity contribution is 14.1. The summed E-state index contributed by atoms with van der Waals surface area (Å²) in [7, 11) is 0. The Hall–Kier alpha value is -0.540. The Kier molecular flexibility index (Phi) is 6.34. The third kappa shape index (κ3) is 6.44. The van der Waals surface area contributed by atoms with Gasteiger partial charge >= 0.3 is 6.18 Å². The molecule has 1 aromatic carbocycles. The fraction of sp³-hybridized carbons (Fsp3) is 0.364. The summed E-state index contributed by atoms with van der Waals surface area (Å²) in [5, 5.41) is 2.87. The van der Waals surface area contributed by atoms with Gasteiger partial charge in [0, 0.05) is 15.1 Å². The van der Waals surface area contributed by atoms with E-state index < -0.39 is 18.7 Å². The minimum atomic E-state index is -4.35. The van der Waals surface area contributed by atoms with Crippen LogP contribution in [0.3, 0.4) is 0 Å². The molecule has 0 aliphatic rings. The van der Waals surface area contributed by atoms with Gasteiger partial charge in [-0.15, -0.1) is 0 Å². The monoisotopic (exact) mass is 407 g/mol. The van der Waals surface area contributed by atoms with Gasteiger partial charge in [0.1, 0.15) is 6.61 Å². The number of benzene rings is 1. The van der Waals surface area contributed by atoms with Crippen LogP contribution < -0.4 is 5.32 Å². The molecule has 0 fully saturated rings. The molecule has 3 nitrogen and oxygen atoms in total. The average molecular weight is 408 g/mol. The zero-order valence-corrected chi connectivity index (χ0v) is 12.5. The SMILES string of the molecule is O=C(NCCOCC(F)(F)F)c1cc(Cl)ccc1I. The van der Waals surface area contributed by atoms with Crippen molar-refractivity contribution in [3.63, 3.8) is 0 Å². The van der Waals surface area contributed by atoms with E-state index in [0.29, 0.717) is 14.2 Å². The average Bonchev–Trinajstić information content (AvgIpc) is 2.30. The molecule has 0 heterocycles. The van der Waals surface area contributed by atoms with Crippen molar-refractivity contribution in [2.75, 3.05) is 19.8 Å². The molecule has 106 valence electrons. The van der Waals surface area contributed by atoms with E-state index in [9.17, 15) is 18.0 Å². The fourth-order valence-corrected chi connectivity index (χ4v) is 1.94. The summed E-state index contributed by atoms with van der Waals surface area (Å²) >= 11 is 7.73. The first-order valence-electron chi connectivity index (χ1n) is 5.17.